The second kappa shape index (κ2) is 7.87. The monoisotopic (exact) mass is 416 g/mol. The van der Waals surface area contributed by atoms with Gasteiger partial charge in [-0.25, -0.2) is 4.39 Å². The van der Waals surface area contributed by atoms with Gasteiger partial charge in [0.1, 0.15) is 18.0 Å². The van der Waals surface area contributed by atoms with Crippen LogP contribution in [0, 0.1) is 0 Å². The van der Waals surface area contributed by atoms with Crippen LogP contribution in [0.25, 0.3) is 11.1 Å². The summed E-state index contributed by atoms with van der Waals surface area (Å²) in [4.78, 5) is 13.4. The number of amides is 1. The Kier molecular flexibility index (Phi) is 5.69. The molecule has 1 aliphatic heterocycles. The number of para-hydroxylation sites is 1. The zero-order valence-electron chi connectivity index (χ0n) is 14.5. The van der Waals surface area contributed by atoms with Gasteiger partial charge in [-0.1, -0.05) is 35.9 Å². The number of ether oxygens (including phenoxy) is 1. The van der Waals surface area contributed by atoms with Gasteiger partial charge in [-0.05, 0) is 24.6 Å². The molecule has 0 bridgehead atoms. The number of carbonyl (C=O) groups excluding carboxylic acids is 1. The molecule has 1 aliphatic rings. The van der Waals surface area contributed by atoms with Gasteiger partial charge >= 0.3 is 6.36 Å². The lowest BCUT2D eigenvalue weighted by molar-refractivity contribution is -0.274. The van der Waals surface area contributed by atoms with Crippen molar-refractivity contribution in [2.24, 2.45) is 5.73 Å². The van der Waals surface area contributed by atoms with E-state index in [-0.39, 0.29) is 35.7 Å². The molecule has 3 rings (SSSR count). The van der Waals surface area contributed by atoms with Gasteiger partial charge in [0.25, 0.3) is 0 Å². The molecule has 1 saturated heterocycles. The minimum atomic E-state index is -4.84. The molecule has 0 aromatic heterocycles. The van der Waals surface area contributed by atoms with Gasteiger partial charge in [-0.2, -0.15) is 0 Å². The molecule has 2 unspecified atom stereocenters. The molecule has 0 spiro atoms. The van der Waals surface area contributed by atoms with Crippen molar-refractivity contribution in [3.05, 3.63) is 47.5 Å². The summed E-state index contributed by atoms with van der Waals surface area (Å²) in [5.41, 5.74) is 6.44. The smallest absolute Gasteiger partial charge is 0.405 e. The van der Waals surface area contributed by atoms with E-state index in [1.54, 1.807) is 17.0 Å². The number of piperidine rings is 1. The number of carbonyl (C=O) groups is 1. The molecule has 1 heterocycles. The third kappa shape index (κ3) is 4.49. The van der Waals surface area contributed by atoms with Crippen molar-refractivity contribution >= 4 is 23.2 Å². The maximum absolute atomic E-state index is 13.7. The van der Waals surface area contributed by atoms with Gasteiger partial charge in [0.05, 0.1) is 5.02 Å². The van der Waals surface area contributed by atoms with Crippen LogP contribution in [0.4, 0.5) is 23.2 Å². The van der Waals surface area contributed by atoms with Gasteiger partial charge in [-0.3, -0.25) is 4.79 Å². The molecule has 2 atom stereocenters. The minimum absolute atomic E-state index is 0.0169. The molecule has 4 nitrogen and oxygen atoms in total. The van der Waals surface area contributed by atoms with Gasteiger partial charge in [0.15, 0.2) is 0 Å². The van der Waals surface area contributed by atoms with Crippen LogP contribution in [-0.4, -0.2) is 31.0 Å². The summed E-state index contributed by atoms with van der Waals surface area (Å²) in [6.45, 7) is 0.276. The number of rotatable bonds is 4. The van der Waals surface area contributed by atoms with Gasteiger partial charge < -0.3 is 15.4 Å². The Hall–Kier alpha value is -2.48. The van der Waals surface area contributed by atoms with Gasteiger partial charge in [-0.15, -0.1) is 13.2 Å². The molecule has 0 aliphatic carbocycles. The first-order valence-corrected chi connectivity index (χ1v) is 8.88. The Morgan fingerprint density at radius 2 is 1.89 bits per heavy atom. The second-order valence-corrected chi connectivity index (χ2v) is 6.85. The maximum Gasteiger partial charge on any atom is 0.573 e. The Morgan fingerprint density at radius 1 is 1.18 bits per heavy atom. The van der Waals surface area contributed by atoms with E-state index >= 15 is 0 Å². The first-order chi connectivity index (χ1) is 13.2. The zero-order valence-corrected chi connectivity index (χ0v) is 15.3. The Bertz CT molecular complexity index is 875. The number of halogens is 5. The lowest BCUT2D eigenvalue weighted by Gasteiger charge is -2.37. The summed E-state index contributed by atoms with van der Waals surface area (Å²) in [5.74, 6) is -1.02. The van der Waals surface area contributed by atoms with Gasteiger partial charge in [0, 0.05) is 29.8 Å². The number of hydrogen-bond acceptors (Lipinski definition) is 3. The number of alkyl halides is 4. The summed E-state index contributed by atoms with van der Waals surface area (Å²) in [6, 6.07) is 9.51. The molecule has 150 valence electrons. The molecule has 1 fully saturated rings. The highest BCUT2D eigenvalue weighted by molar-refractivity contribution is 6.33. The molecule has 2 N–H and O–H groups in total. The highest BCUT2D eigenvalue weighted by Gasteiger charge is 2.34. The highest BCUT2D eigenvalue weighted by Crippen LogP contribution is 2.39. The van der Waals surface area contributed by atoms with E-state index < -0.39 is 24.5 Å². The fourth-order valence-corrected chi connectivity index (χ4v) is 3.58. The third-order valence-electron chi connectivity index (χ3n) is 4.55. The SMILES string of the molecule is NC(=O)C1CC(F)CCN1c1ccc(-c2ccccc2OC(F)(F)F)c(Cl)c1. The van der Waals surface area contributed by atoms with Crippen LogP contribution in [0.5, 0.6) is 5.75 Å². The summed E-state index contributed by atoms with van der Waals surface area (Å²) < 4.78 is 55.7. The van der Waals surface area contributed by atoms with Crippen LogP contribution in [0.1, 0.15) is 12.8 Å². The quantitative estimate of drug-likeness (QED) is 0.735. The first-order valence-electron chi connectivity index (χ1n) is 8.50. The molecule has 1 amide bonds. The van der Waals surface area contributed by atoms with Crippen molar-refractivity contribution in [2.75, 3.05) is 11.4 Å². The van der Waals surface area contributed by atoms with Crippen molar-refractivity contribution in [3.63, 3.8) is 0 Å². The number of nitrogens with zero attached hydrogens (tertiary/aromatic N) is 1. The number of hydrogen-bond donors (Lipinski definition) is 1. The molecule has 28 heavy (non-hydrogen) atoms. The predicted octanol–water partition coefficient (Wildman–Crippen LogP) is 4.70. The van der Waals surface area contributed by atoms with Crippen LogP contribution in [0.3, 0.4) is 0 Å². The van der Waals surface area contributed by atoms with Crippen molar-refractivity contribution in [1.82, 2.24) is 0 Å². The zero-order chi connectivity index (χ0) is 20.5. The summed E-state index contributed by atoms with van der Waals surface area (Å²) in [5, 5.41) is 0.168. The number of benzene rings is 2. The number of primary amides is 1. The summed E-state index contributed by atoms with van der Waals surface area (Å²) in [7, 11) is 0. The van der Waals surface area contributed by atoms with E-state index in [1.807, 2.05) is 0 Å². The summed E-state index contributed by atoms with van der Waals surface area (Å²) >= 11 is 6.33. The van der Waals surface area contributed by atoms with E-state index in [2.05, 4.69) is 4.74 Å². The molecule has 0 saturated carbocycles. The number of anilines is 1. The molecule has 9 heteroatoms. The van der Waals surface area contributed by atoms with E-state index in [1.165, 1.54) is 30.3 Å². The van der Waals surface area contributed by atoms with Crippen LogP contribution < -0.4 is 15.4 Å². The van der Waals surface area contributed by atoms with Crippen molar-refractivity contribution in [3.8, 4) is 16.9 Å². The van der Waals surface area contributed by atoms with Crippen LogP contribution in [0.15, 0.2) is 42.5 Å². The van der Waals surface area contributed by atoms with Crippen LogP contribution in [0.2, 0.25) is 5.02 Å². The van der Waals surface area contributed by atoms with E-state index in [4.69, 9.17) is 17.3 Å². The van der Waals surface area contributed by atoms with E-state index in [9.17, 15) is 22.4 Å². The molecule has 0 radical (unpaired) electrons. The van der Waals surface area contributed by atoms with E-state index in [0.29, 0.717) is 11.3 Å². The lowest BCUT2D eigenvalue weighted by Crippen LogP contribution is -2.50. The van der Waals surface area contributed by atoms with Crippen molar-refractivity contribution in [1.29, 1.82) is 0 Å². The van der Waals surface area contributed by atoms with Crippen LogP contribution >= 0.6 is 11.6 Å². The normalized spacial score (nSPS) is 20.1. The minimum Gasteiger partial charge on any atom is -0.405 e. The number of nitrogens with two attached hydrogens (primary N) is 1. The highest BCUT2D eigenvalue weighted by atomic mass is 35.5. The Morgan fingerprint density at radius 3 is 2.54 bits per heavy atom. The predicted molar refractivity (Wildman–Crippen MR) is 98.0 cm³/mol. The largest absolute Gasteiger partial charge is 0.573 e. The lowest BCUT2D eigenvalue weighted by atomic mass is 9.98. The Balaban J connectivity index is 1.95. The summed E-state index contributed by atoms with van der Waals surface area (Å²) in [6.07, 6.45) is -5.73. The van der Waals surface area contributed by atoms with Gasteiger partial charge in [0.2, 0.25) is 5.91 Å². The standard InChI is InChI=1S/C19H17ClF4N2O2/c20-15-10-12(26-8-7-11(21)9-16(26)18(25)27)5-6-13(15)14-3-1-2-4-17(14)28-19(22,23)24/h1-6,10-11,16H,7-9H2,(H2,25,27). The molecular weight excluding hydrogens is 400 g/mol. The molecular formula is C19H17ClF4N2O2. The fraction of sp³-hybridized carbons (Fsp3) is 0.316. The van der Waals surface area contributed by atoms with Crippen molar-refractivity contribution in [2.45, 2.75) is 31.4 Å². The van der Waals surface area contributed by atoms with E-state index in [0.717, 1.165) is 0 Å². The fourth-order valence-electron chi connectivity index (χ4n) is 3.31. The second-order valence-electron chi connectivity index (χ2n) is 6.44. The van der Waals surface area contributed by atoms with Crippen LogP contribution in [-0.2, 0) is 4.79 Å². The third-order valence-corrected chi connectivity index (χ3v) is 4.87. The first kappa shape index (κ1) is 20.3. The van der Waals surface area contributed by atoms with Crippen molar-refractivity contribution < 1.29 is 27.1 Å². The molecule has 2 aromatic rings. The average molecular weight is 417 g/mol. The average Bonchev–Trinajstić information content (AvgIpc) is 2.61. The topological polar surface area (TPSA) is 55.6 Å². The Labute approximate surface area is 163 Å². The maximum atomic E-state index is 13.7. The molecule has 2 aromatic carbocycles.